The summed E-state index contributed by atoms with van der Waals surface area (Å²) in [5.74, 6) is -0.183. The first kappa shape index (κ1) is 12.1. The normalized spacial score (nSPS) is 10.3. The van der Waals surface area contributed by atoms with E-state index in [-0.39, 0.29) is 17.9 Å². The fourth-order valence-electron chi connectivity index (χ4n) is 1.63. The molecule has 0 amide bonds. The van der Waals surface area contributed by atoms with Crippen LogP contribution in [-0.4, -0.2) is 22.5 Å². The standard InChI is InChI=1S/C12H12N2O4/c1-3-17-11(15)9-7(2)13-12(16)14-10(9)8-5-4-6-18-8/h4-6H,3H2,1-2H3,(H,13,14,16). The molecule has 0 aromatic carbocycles. The average molecular weight is 248 g/mol. The van der Waals surface area contributed by atoms with Crippen LogP contribution in [0.25, 0.3) is 11.5 Å². The van der Waals surface area contributed by atoms with E-state index in [0.29, 0.717) is 11.5 Å². The molecular formula is C12H12N2O4. The minimum Gasteiger partial charge on any atom is -0.463 e. The highest BCUT2D eigenvalue weighted by atomic mass is 16.5. The van der Waals surface area contributed by atoms with Gasteiger partial charge in [-0.05, 0) is 26.0 Å². The van der Waals surface area contributed by atoms with Crippen molar-refractivity contribution >= 4 is 5.97 Å². The molecule has 2 rings (SSSR count). The van der Waals surface area contributed by atoms with Crippen LogP contribution in [0.3, 0.4) is 0 Å². The van der Waals surface area contributed by atoms with Gasteiger partial charge in [0.05, 0.1) is 12.9 Å². The van der Waals surface area contributed by atoms with E-state index in [1.54, 1.807) is 26.0 Å². The number of hydrogen-bond donors (Lipinski definition) is 1. The Morgan fingerprint density at radius 3 is 2.94 bits per heavy atom. The zero-order valence-corrected chi connectivity index (χ0v) is 10.0. The summed E-state index contributed by atoms with van der Waals surface area (Å²) in [6.45, 7) is 3.57. The highest BCUT2D eigenvalue weighted by Crippen LogP contribution is 2.22. The number of esters is 1. The Kier molecular flexibility index (Phi) is 3.27. The summed E-state index contributed by atoms with van der Waals surface area (Å²) < 4.78 is 10.1. The first-order valence-electron chi connectivity index (χ1n) is 5.45. The molecule has 6 nitrogen and oxygen atoms in total. The Bertz CT molecular complexity index is 614. The second kappa shape index (κ2) is 4.87. The summed E-state index contributed by atoms with van der Waals surface area (Å²) in [6.07, 6.45) is 1.45. The van der Waals surface area contributed by atoms with Crippen molar-refractivity contribution in [3.8, 4) is 11.5 Å². The van der Waals surface area contributed by atoms with Gasteiger partial charge in [0, 0.05) is 5.69 Å². The number of nitrogens with zero attached hydrogens (tertiary/aromatic N) is 1. The van der Waals surface area contributed by atoms with Crippen LogP contribution in [0.1, 0.15) is 23.0 Å². The minimum absolute atomic E-state index is 0.194. The van der Waals surface area contributed by atoms with Crippen LogP contribution in [0.2, 0.25) is 0 Å². The quantitative estimate of drug-likeness (QED) is 0.832. The molecule has 0 saturated carbocycles. The third-order valence-electron chi connectivity index (χ3n) is 2.35. The van der Waals surface area contributed by atoms with Gasteiger partial charge < -0.3 is 14.1 Å². The van der Waals surface area contributed by atoms with Crippen molar-refractivity contribution in [2.45, 2.75) is 13.8 Å². The van der Waals surface area contributed by atoms with Crippen molar-refractivity contribution in [3.63, 3.8) is 0 Å². The van der Waals surface area contributed by atoms with E-state index in [1.807, 2.05) is 0 Å². The molecule has 0 radical (unpaired) electrons. The molecule has 0 aliphatic carbocycles. The van der Waals surface area contributed by atoms with Gasteiger partial charge in [0.15, 0.2) is 5.76 Å². The molecule has 0 unspecified atom stereocenters. The molecule has 6 heteroatoms. The molecule has 0 bridgehead atoms. The van der Waals surface area contributed by atoms with Crippen LogP contribution in [-0.2, 0) is 4.74 Å². The van der Waals surface area contributed by atoms with Crippen molar-refractivity contribution in [2.75, 3.05) is 6.61 Å². The number of nitrogens with one attached hydrogen (secondary N) is 1. The fourth-order valence-corrected chi connectivity index (χ4v) is 1.63. The molecular weight excluding hydrogens is 236 g/mol. The predicted molar refractivity (Wildman–Crippen MR) is 63.3 cm³/mol. The van der Waals surface area contributed by atoms with E-state index in [1.165, 1.54) is 6.26 Å². The summed E-state index contributed by atoms with van der Waals surface area (Å²) >= 11 is 0. The lowest BCUT2D eigenvalue weighted by Gasteiger charge is -2.08. The topological polar surface area (TPSA) is 85.2 Å². The lowest BCUT2D eigenvalue weighted by molar-refractivity contribution is 0.0525. The Morgan fingerprint density at radius 2 is 2.33 bits per heavy atom. The second-order valence-corrected chi connectivity index (χ2v) is 3.59. The van der Waals surface area contributed by atoms with Gasteiger partial charge in [-0.1, -0.05) is 0 Å². The number of aromatic amines is 1. The number of ether oxygens (including phenoxy) is 1. The zero-order valence-electron chi connectivity index (χ0n) is 10.0. The summed E-state index contributed by atoms with van der Waals surface area (Å²) in [4.78, 5) is 29.5. The van der Waals surface area contributed by atoms with E-state index in [9.17, 15) is 9.59 Å². The number of carbonyl (C=O) groups excluding carboxylic acids is 1. The lowest BCUT2D eigenvalue weighted by Crippen LogP contribution is -2.19. The van der Waals surface area contributed by atoms with Crippen LogP contribution in [0.5, 0.6) is 0 Å². The summed E-state index contributed by atoms with van der Waals surface area (Å²) in [5, 5.41) is 0. The maximum Gasteiger partial charge on any atom is 0.345 e. The predicted octanol–water partition coefficient (Wildman–Crippen LogP) is 1.52. The number of aromatic nitrogens is 2. The molecule has 0 fully saturated rings. The number of carbonyl (C=O) groups is 1. The Balaban J connectivity index is 2.63. The third kappa shape index (κ3) is 2.17. The Morgan fingerprint density at radius 1 is 1.56 bits per heavy atom. The molecule has 2 aromatic heterocycles. The third-order valence-corrected chi connectivity index (χ3v) is 2.35. The van der Waals surface area contributed by atoms with Gasteiger partial charge in [-0.2, -0.15) is 4.98 Å². The highest BCUT2D eigenvalue weighted by Gasteiger charge is 2.21. The van der Waals surface area contributed by atoms with Gasteiger partial charge in [0.1, 0.15) is 11.3 Å². The van der Waals surface area contributed by atoms with E-state index >= 15 is 0 Å². The van der Waals surface area contributed by atoms with Gasteiger partial charge in [-0.15, -0.1) is 0 Å². The van der Waals surface area contributed by atoms with E-state index in [0.717, 1.165) is 0 Å². The van der Waals surface area contributed by atoms with E-state index < -0.39 is 11.7 Å². The number of hydrogen-bond acceptors (Lipinski definition) is 5. The van der Waals surface area contributed by atoms with Crippen molar-refractivity contribution in [2.24, 2.45) is 0 Å². The van der Waals surface area contributed by atoms with Crippen LogP contribution >= 0.6 is 0 Å². The molecule has 1 N–H and O–H groups in total. The molecule has 2 aromatic rings. The van der Waals surface area contributed by atoms with Crippen molar-refractivity contribution in [1.29, 1.82) is 0 Å². The highest BCUT2D eigenvalue weighted by molar-refractivity contribution is 5.96. The summed E-state index contributed by atoms with van der Waals surface area (Å²) in [7, 11) is 0. The molecule has 0 atom stereocenters. The van der Waals surface area contributed by atoms with Gasteiger partial charge >= 0.3 is 11.7 Å². The maximum absolute atomic E-state index is 11.9. The first-order valence-corrected chi connectivity index (χ1v) is 5.45. The SMILES string of the molecule is CCOC(=O)c1c(-c2ccco2)nc(=O)[nH]c1C. The molecule has 18 heavy (non-hydrogen) atoms. The molecule has 0 aliphatic heterocycles. The van der Waals surface area contributed by atoms with E-state index in [4.69, 9.17) is 9.15 Å². The summed E-state index contributed by atoms with van der Waals surface area (Å²) in [6, 6.07) is 3.28. The Labute approximate surface area is 103 Å². The molecule has 0 saturated heterocycles. The van der Waals surface area contributed by atoms with Crippen molar-refractivity contribution in [1.82, 2.24) is 9.97 Å². The lowest BCUT2D eigenvalue weighted by atomic mass is 10.1. The first-order chi connectivity index (χ1) is 8.63. The Hall–Kier alpha value is -2.37. The van der Waals surface area contributed by atoms with E-state index in [2.05, 4.69) is 9.97 Å². The molecule has 0 spiro atoms. The number of rotatable bonds is 3. The van der Waals surface area contributed by atoms with Gasteiger partial charge in [-0.3, -0.25) is 0 Å². The number of aryl methyl sites for hydroxylation is 1. The fraction of sp³-hybridized carbons (Fsp3) is 0.250. The van der Waals surface area contributed by atoms with Crippen LogP contribution < -0.4 is 5.69 Å². The van der Waals surface area contributed by atoms with Crippen LogP contribution in [0.15, 0.2) is 27.6 Å². The maximum atomic E-state index is 11.9. The summed E-state index contributed by atoms with van der Waals surface area (Å²) in [5.41, 5.74) is 0.276. The zero-order chi connectivity index (χ0) is 13.1. The van der Waals surface area contributed by atoms with Crippen molar-refractivity contribution < 1.29 is 13.9 Å². The molecule has 2 heterocycles. The van der Waals surface area contributed by atoms with Crippen LogP contribution in [0.4, 0.5) is 0 Å². The monoisotopic (exact) mass is 248 g/mol. The molecule has 0 aliphatic rings. The number of furan rings is 1. The largest absolute Gasteiger partial charge is 0.463 e. The minimum atomic E-state index is -0.537. The smallest absolute Gasteiger partial charge is 0.345 e. The van der Waals surface area contributed by atoms with Crippen molar-refractivity contribution in [3.05, 3.63) is 40.1 Å². The number of H-pyrrole nitrogens is 1. The van der Waals surface area contributed by atoms with Gasteiger partial charge in [0.2, 0.25) is 0 Å². The van der Waals surface area contributed by atoms with Gasteiger partial charge in [-0.25, -0.2) is 9.59 Å². The van der Waals surface area contributed by atoms with Crippen LogP contribution in [0, 0.1) is 6.92 Å². The average Bonchev–Trinajstić information content (AvgIpc) is 2.81. The second-order valence-electron chi connectivity index (χ2n) is 3.59. The molecule has 94 valence electrons. The van der Waals surface area contributed by atoms with Gasteiger partial charge in [0.25, 0.3) is 0 Å².